The fourth-order valence-corrected chi connectivity index (χ4v) is 3.19. The lowest BCUT2D eigenvalue weighted by atomic mass is 10.2. The number of halogens is 4. The Morgan fingerprint density at radius 2 is 1.95 bits per heavy atom. The summed E-state index contributed by atoms with van der Waals surface area (Å²) in [5, 5.41) is 0.142. The molecule has 0 amide bonds. The van der Waals surface area contributed by atoms with Crippen LogP contribution in [0.4, 0.5) is 18.9 Å². The maximum atomic E-state index is 12.0. The fraction of sp³-hybridized carbons (Fsp3) is 0.455. The highest BCUT2D eigenvalue weighted by Crippen LogP contribution is 2.26. The van der Waals surface area contributed by atoms with Crippen molar-refractivity contribution in [3.63, 3.8) is 0 Å². The van der Waals surface area contributed by atoms with Gasteiger partial charge in [0, 0.05) is 23.7 Å². The van der Waals surface area contributed by atoms with Gasteiger partial charge in [-0.1, -0.05) is 11.6 Å². The molecule has 0 saturated heterocycles. The third-order valence-corrected chi connectivity index (χ3v) is 4.39. The number of hydrogen-bond acceptors (Lipinski definition) is 3. The van der Waals surface area contributed by atoms with Gasteiger partial charge in [0.25, 0.3) is 0 Å². The number of nitrogen functional groups attached to an aromatic ring is 1. The first-order valence-electron chi connectivity index (χ1n) is 5.65. The first-order chi connectivity index (χ1) is 9.03. The highest BCUT2D eigenvalue weighted by atomic mass is 35.5. The average Bonchev–Trinajstić information content (AvgIpc) is 2.28. The van der Waals surface area contributed by atoms with Gasteiger partial charge in [0.15, 0.2) is 0 Å². The van der Waals surface area contributed by atoms with Crippen LogP contribution >= 0.6 is 11.6 Å². The van der Waals surface area contributed by atoms with E-state index in [-0.39, 0.29) is 28.6 Å². The van der Waals surface area contributed by atoms with E-state index in [0.717, 1.165) is 0 Å². The largest absolute Gasteiger partial charge is 0.398 e. The lowest BCUT2D eigenvalue weighted by molar-refractivity contribution is -0.135. The zero-order valence-corrected chi connectivity index (χ0v) is 12.2. The van der Waals surface area contributed by atoms with Crippen LogP contribution in [0.1, 0.15) is 18.4 Å². The van der Waals surface area contributed by atoms with Crippen molar-refractivity contribution in [2.75, 3.05) is 12.3 Å². The van der Waals surface area contributed by atoms with E-state index in [1.165, 1.54) is 19.1 Å². The topological polar surface area (TPSA) is 72.2 Å². The van der Waals surface area contributed by atoms with Gasteiger partial charge < -0.3 is 5.73 Å². The molecule has 0 heterocycles. The van der Waals surface area contributed by atoms with Gasteiger partial charge in [0.1, 0.15) is 0 Å². The van der Waals surface area contributed by atoms with E-state index in [9.17, 15) is 21.6 Å². The predicted octanol–water partition coefficient (Wildman–Crippen LogP) is 2.85. The lowest BCUT2D eigenvalue weighted by Crippen LogP contribution is -2.26. The monoisotopic (exact) mass is 330 g/mol. The summed E-state index contributed by atoms with van der Waals surface area (Å²) >= 11 is 5.73. The minimum Gasteiger partial charge on any atom is -0.398 e. The molecule has 0 aliphatic carbocycles. The third-order valence-electron chi connectivity index (χ3n) is 2.58. The molecule has 0 aromatic heterocycles. The number of nitrogens with one attached hydrogen (secondary N) is 1. The van der Waals surface area contributed by atoms with Crippen LogP contribution in [0.15, 0.2) is 17.0 Å². The summed E-state index contributed by atoms with van der Waals surface area (Å²) in [7, 11) is -3.94. The normalized spacial score (nSPS) is 12.7. The van der Waals surface area contributed by atoms with E-state index in [2.05, 4.69) is 4.72 Å². The highest BCUT2D eigenvalue weighted by molar-refractivity contribution is 7.89. The molecule has 0 saturated carbocycles. The molecule has 3 N–H and O–H groups in total. The molecule has 0 atom stereocenters. The minimum absolute atomic E-state index is 0.130. The van der Waals surface area contributed by atoms with Gasteiger partial charge in [-0.2, -0.15) is 13.2 Å². The molecule has 0 fully saturated rings. The Balaban J connectivity index is 2.80. The maximum Gasteiger partial charge on any atom is 0.389 e. The zero-order chi connectivity index (χ0) is 15.6. The maximum absolute atomic E-state index is 12.0. The third kappa shape index (κ3) is 4.84. The van der Waals surface area contributed by atoms with E-state index in [1.807, 2.05) is 0 Å². The lowest BCUT2D eigenvalue weighted by Gasteiger charge is -2.12. The Morgan fingerprint density at radius 1 is 1.35 bits per heavy atom. The first-order valence-corrected chi connectivity index (χ1v) is 7.51. The van der Waals surface area contributed by atoms with Crippen molar-refractivity contribution in [3.05, 3.63) is 22.7 Å². The summed E-state index contributed by atoms with van der Waals surface area (Å²) in [5.41, 5.74) is 6.11. The first kappa shape index (κ1) is 17.1. The van der Waals surface area contributed by atoms with Gasteiger partial charge in [0.2, 0.25) is 10.0 Å². The molecule has 4 nitrogen and oxygen atoms in total. The summed E-state index contributed by atoms with van der Waals surface area (Å²) in [6.07, 6.45) is -5.69. The molecule has 1 rings (SSSR count). The highest BCUT2D eigenvalue weighted by Gasteiger charge is 2.26. The van der Waals surface area contributed by atoms with Crippen LogP contribution in [0.5, 0.6) is 0 Å². The van der Waals surface area contributed by atoms with Crippen LogP contribution in [0, 0.1) is 6.92 Å². The number of anilines is 1. The van der Waals surface area contributed by atoms with E-state index in [1.54, 1.807) is 0 Å². The predicted molar refractivity (Wildman–Crippen MR) is 71.1 cm³/mol. The standard InChI is InChI=1S/C11H14ClF3N2O2S/c1-7-9(16)5-8(12)6-10(7)20(18,19)17-4-2-3-11(13,14)15/h5-6,17H,2-4,16H2,1H3. The molecule has 1 aromatic carbocycles. The molecule has 0 spiro atoms. The summed E-state index contributed by atoms with van der Waals surface area (Å²) in [4.78, 5) is -0.130. The van der Waals surface area contributed by atoms with Crippen LogP contribution in [-0.2, 0) is 10.0 Å². The van der Waals surface area contributed by atoms with Gasteiger partial charge in [0.05, 0.1) is 4.90 Å². The number of nitrogens with two attached hydrogens (primary N) is 1. The van der Waals surface area contributed by atoms with E-state index >= 15 is 0 Å². The molecule has 0 bridgehead atoms. The SMILES string of the molecule is Cc1c(N)cc(Cl)cc1S(=O)(=O)NCCCC(F)(F)F. The van der Waals surface area contributed by atoms with Gasteiger partial charge >= 0.3 is 6.18 Å². The van der Waals surface area contributed by atoms with Gasteiger partial charge in [-0.05, 0) is 31.0 Å². The number of alkyl halides is 3. The van der Waals surface area contributed by atoms with E-state index in [0.29, 0.717) is 5.56 Å². The van der Waals surface area contributed by atoms with Crippen molar-refractivity contribution < 1.29 is 21.6 Å². The van der Waals surface area contributed by atoms with Crippen molar-refractivity contribution >= 4 is 27.3 Å². The summed E-state index contributed by atoms with van der Waals surface area (Å²) < 4.78 is 61.9. The molecule has 1 aromatic rings. The Hall–Kier alpha value is -0.990. The van der Waals surface area contributed by atoms with Crippen LogP contribution in [0.3, 0.4) is 0 Å². The van der Waals surface area contributed by atoms with Crippen molar-refractivity contribution in [1.82, 2.24) is 4.72 Å². The van der Waals surface area contributed by atoms with Gasteiger partial charge in [-0.3, -0.25) is 0 Å². The summed E-state index contributed by atoms with van der Waals surface area (Å²) in [6, 6.07) is 2.61. The van der Waals surface area contributed by atoms with Crippen molar-refractivity contribution in [3.8, 4) is 0 Å². The zero-order valence-electron chi connectivity index (χ0n) is 10.6. The van der Waals surface area contributed by atoms with Crippen LogP contribution in [0.25, 0.3) is 0 Å². The Kier molecular flexibility index (Phi) is 5.28. The molecular formula is C11H14ClF3N2O2S. The number of rotatable bonds is 5. The van der Waals surface area contributed by atoms with Crippen molar-refractivity contribution in [2.24, 2.45) is 0 Å². The number of benzene rings is 1. The molecule has 0 aliphatic rings. The second-order valence-electron chi connectivity index (χ2n) is 4.23. The molecule has 0 unspecified atom stereocenters. The summed E-state index contributed by atoms with van der Waals surface area (Å²) in [5.74, 6) is 0. The molecule has 9 heteroatoms. The summed E-state index contributed by atoms with van der Waals surface area (Å²) in [6.45, 7) is 1.18. The van der Waals surface area contributed by atoms with Crippen molar-refractivity contribution in [1.29, 1.82) is 0 Å². The van der Waals surface area contributed by atoms with Gasteiger partial charge in [-0.15, -0.1) is 0 Å². The Morgan fingerprint density at radius 3 is 2.50 bits per heavy atom. The van der Waals surface area contributed by atoms with Crippen LogP contribution < -0.4 is 10.5 Å². The number of sulfonamides is 1. The molecular weight excluding hydrogens is 317 g/mol. The molecule has 114 valence electrons. The number of hydrogen-bond donors (Lipinski definition) is 2. The average molecular weight is 331 g/mol. The molecule has 0 radical (unpaired) electrons. The molecule has 20 heavy (non-hydrogen) atoms. The Bertz CT molecular complexity index is 588. The smallest absolute Gasteiger partial charge is 0.389 e. The van der Waals surface area contributed by atoms with E-state index < -0.39 is 22.6 Å². The van der Waals surface area contributed by atoms with Crippen molar-refractivity contribution in [2.45, 2.75) is 30.8 Å². The van der Waals surface area contributed by atoms with Crippen LogP contribution in [-0.4, -0.2) is 21.1 Å². The minimum atomic E-state index is -4.30. The Labute approximate surface area is 120 Å². The van der Waals surface area contributed by atoms with Gasteiger partial charge in [-0.25, -0.2) is 13.1 Å². The van der Waals surface area contributed by atoms with E-state index in [4.69, 9.17) is 17.3 Å². The molecule has 0 aliphatic heterocycles. The second kappa shape index (κ2) is 6.19. The fourth-order valence-electron chi connectivity index (χ4n) is 1.53. The quantitative estimate of drug-likeness (QED) is 0.644. The van der Waals surface area contributed by atoms with Crippen LogP contribution in [0.2, 0.25) is 5.02 Å². The second-order valence-corrected chi connectivity index (χ2v) is 6.41.